The third-order valence-corrected chi connectivity index (χ3v) is 4.74. The Kier molecular flexibility index (Phi) is 4.49. The topological polar surface area (TPSA) is 90.0 Å². The van der Waals surface area contributed by atoms with Crippen LogP contribution < -0.4 is 5.32 Å². The van der Waals surface area contributed by atoms with E-state index in [4.69, 9.17) is 0 Å². The lowest BCUT2D eigenvalue weighted by Crippen LogP contribution is -2.49. The molecule has 3 heterocycles. The van der Waals surface area contributed by atoms with Gasteiger partial charge in [0, 0.05) is 38.9 Å². The van der Waals surface area contributed by atoms with Gasteiger partial charge < -0.3 is 10.2 Å². The molecule has 26 heavy (non-hydrogen) atoms. The summed E-state index contributed by atoms with van der Waals surface area (Å²) in [4.78, 5) is 21.2. The molecule has 0 aliphatic carbocycles. The highest BCUT2D eigenvalue weighted by Crippen LogP contribution is 2.19. The van der Waals surface area contributed by atoms with Gasteiger partial charge >= 0.3 is 6.03 Å². The summed E-state index contributed by atoms with van der Waals surface area (Å²) in [7, 11) is 0. The van der Waals surface area contributed by atoms with Crippen molar-refractivity contribution >= 4 is 22.8 Å². The maximum atomic E-state index is 12.6. The molecule has 1 aliphatic heterocycles. The number of carbonyl (C=O) groups is 1. The van der Waals surface area contributed by atoms with Crippen LogP contribution in [0, 0.1) is 6.92 Å². The first kappa shape index (κ1) is 16.5. The number of pyridine rings is 1. The van der Waals surface area contributed by atoms with Gasteiger partial charge in [-0.1, -0.05) is 12.1 Å². The van der Waals surface area contributed by atoms with Crippen LogP contribution in [0.2, 0.25) is 0 Å². The largest absolute Gasteiger partial charge is 0.322 e. The lowest BCUT2D eigenvalue weighted by Gasteiger charge is -2.34. The molecular weight excluding hydrogens is 330 g/mol. The van der Waals surface area contributed by atoms with Crippen molar-refractivity contribution in [1.29, 1.82) is 0 Å². The third-order valence-electron chi connectivity index (χ3n) is 4.74. The van der Waals surface area contributed by atoms with Crippen LogP contribution >= 0.6 is 0 Å². The molecule has 0 radical (unpaired) electrons. The smallest absolute Gasteiger partial charge is 0.321 e. The number of nitrogens with zero attached hydrogens (tertiary/aromatic N) is 5. The summed E-state index contributed by atoms with van der Waals surface area (Å²) < 4.78 is 0. The molecule has 3 aromatic rings. The number of fused-ring (bicyclic) bond motifs is 1. The maximum absolute atomic E-state index is 12.6. The Morgan fingerprint density at radius 1 is 1.15 bits per heavy atom. The Morgan fingerprint density at radius 3 is 2.81 bits per heavy atom. The van der Waals surface area contributed by atoms with E-state index in [2.05, 4.69) is 43.6 Å². The zero-order chi connectivity index (χ0) is 17.9. The van der Waals surface area contributed by atoms with E-state index in [0.717, 1.165) is 30.8 Å². The second kappa shape index (κ2) is 7.09. The van der Waals surface area contributed by atoms with Crippen LogP contribution in [0.3, 0.4) is 0 Å². The summed E-state index contributed by atoms with van der Waals surface area (Å²) in [6, 6.07) is 9.48. The number of anilines is 1. The van der Waals surface area contributed by atoms with Gasteiger partial charge in [0.1, 0.15) is 11.0 Å². The van der Waals surface area contributed by atoms with Crippen LogP contribution in [0.5, 0.6) is 0 Å². The molecule has 8 nitrogen and oxygen atoms in total. The first-order valence-electron chi connectivity index (χ1n) is 8.69. The Hall–Kier alpha value is -3.00. The summed E-state index contributed by atoms with van der Waals surface area (Å²) >= 11 is 0. The van der Waals surface area contributed by atoms with Crippen molar-refractivity contribution in [3.8, 4) is 0 Å². The number of nitrogens with one attached hydrogen (secondary N) is 2. The predicted octanol–water partition coefficient (Wildman–Crippen LogP) is 2.01. The molecular formula is C18H21N7O. The minimum atomic E-state index is -0.103. The SMILES string of the molecule is Cc1cccnc1CN1CCN(C(=O)Nc2cccc3n[nH]nc23)CC1. The van der Waals surface area contributed by atoms with Gasteiger partial charge in [0.25, 0.3) is 0 Å². The molecule has 1 saturated heterocycles. The highest BCUT2D eigenvalue weighted by molar-refractivity contribution is 5.98. The van der Waals surface area contributed by atoms with Crippen molar-refractivity contribution in [2.24, 2.45) is 0 Å². The highest BCUT2D eigenvalue weighted by Gasteiger charge is 2.22. The van der Waals surface area contributed by atoms with Crippen molar-refractivity contribution in [3.05, 3.63) is 47.8 Å². The van der Waals surface area contributed by atoms with E-state index in [0.29, 0.717) is 24.3 Å². The first-order chi connectivity index (χ1) is 12.7. The van der Waals surface area contributed by atoms with Crippen molar-refractivity contribution in [2.75, 3.05) is 31.5 Å². The lowest BCUT2D eigenvalue weighted by molar-refractivity contribution is 0.142. The van der Waals surface area contributed by atoms with Crippen LogP contribution in [0.1, 0.15) is 11.3 Å². The predicted molar refractivity (Wildman–Crippen MR) is 98.7 cm³/mol. The normalized spacial score (nSPS) is 15.3. The molecule has 1 fully saturated rings. The summed E-state index contributed by atoms with van der Waals surface area (Å²) in [5, 5.41) is 13.7. The number of aromatic amines is 1. The Morgan fingerprint density at radius 2 is 2.00 bits per heavy atom. The molecule has 0 atom stereocenters. The molecule has 1 aromatic carbocycles. The van der Waals surface area contributed by atoms with E-state index >= 15 is 0 Å². The summed E-state index contributed by atoms with van der Waals surface area (Å²) in [6.45, 7) is 5.94. The number of piperazine rings is 1. The van der Waals surface area contributed by atoms with Gasteiger partial charge in [-0.25, -0.2) is 4.79 Å². The molecule has 0 bridgehead atoms. The first-order valence-corrected chi connectivity index (χ1v) is 8.69. The number of hydrogen-bond donors (Lipinski definition) is 2. The quantitative estimate of drug-likeness (QED) is 0.753. The second-order valence-electron chi connectivity index (χ2n) is 6.46. The van der Waals surface area contributed by atoms with E-state index in [9.17, 15) is 4.79 Å². The second-order valence-corrected chi connectivity index (χ2v) is 6.46. The number of para-hydroxylation sites is 1. The monoisotopic (exact) mass is 351 g/mol. The number of benzene rings is 1. The molecule has 2 amide bonds. The number of rotatable bonds is 3. The summed E-state index contributed by atoms with van der Waals surface area (Å²) in [6.07, 6.45) is 1.83. The molecule has 0 saturated carbocycles. The summed E-state index contributed by atoms with van der Waals surface area (Å²) in [5.41, 5.74) is 4.38. The number of hydrogen-bond acceptors (Lipinski definition) is 5. The summed E-state index contributed by atoms with van der Waals surface area (Å²) in [5.74, 6) is 0. The van der Waals surface area contributed by atoms with Crippen molar-refractivity contribution in [3.63, 3.8) is 0 Å². The average molecular weight is 351 g/mol. The lowest BCUT2D eigenvalue weighted by atomic mass is 10.2. The van der Waals surface area contributed by atoms with E-state index in [-0.39, 0.29) is 6.03 Å². The fraction of sp³-hybridized carbons (Fsp3) is 0.333. The van der Waals surface area contributed by atoms with Gasteiger partial charge in [-0.05, 0) is 30.7 Å². The van der Waals surface area contributed by atoms with Crippen LogP contribution in [-0.4, -0.2) is 62.4 Å². The fourth-order valence-corrected chi connectivity index (χ4v) is 3.17. The zero-order valence-corrected chi connectivity index (χ0v) is 14.6. The van der Waals surface area contributed by atoms with Crippen LogP contribution in [0.25, 0.3) is 11.0 Å². The Labute approximate surface area is 151 Å². The molecule has 134 valence electrons. The van der Waals surface area contributed by atoms with Crippen LogP contribution in [0.15, 0.2) is 36.5 Å². The molecule has 0 unspecified atom stereocenters. The van der Waals surface area contributed by atoms with Gasteiger partial charge in [0.2, 0.25) is 0 Å². The van der Waals surface area contributed by atoms with Crippen molar-refractivity contribution < 1.29 is 4.79 Å². The Balaban J connectivity index is 1.35. The van der Waals surface area contributed by atoms with Gasteiger partial charge in [0.05, 0.1) is 11.4 Å². The maximum Gasteiger partial charge on any atom is 0.321 e. The van der Waals surface area contributed by atoms with Crippen molar-refractivity contribution in [1.82, 2.24) is 30.2 Å². The van der Waals surface area contributed by atoms with E-state index in [1.165, 1.54) is 5.56 Å². The molecule has 2 N–H and O–H groups in total. The van der Waals surface area contributed by atoms with E-state index < -0.39 is 0 Å². The van der Waals surface area contributed by atoms with E-state index in [1.807, 2.05) is 35.4 Å². The average Bonchev–Trinajstić information content (AvgIpc) is 3.14. The molecule has 0 spiro atoms. The zero-order valence-electron chi connectivity index (χ0n) is 14.6. The van der Waals surface area contributed by atoms with Crippen LogP contribution in [-0.2, 0) is 6.54 Å². The number of H-pyrrole nitrogens is 1. The van der Waals surface area contributed by atoms with Crippen molar-refractivity contribution in [2.45, 2.75) is 13.5 Å². The number of aryl methyl sites for hydroxylation is 1. The third kappa shape index (κ3) is 3.36. The van der Waals surface area contributed by atoms with Crippen LogP contribution in [0.4, 0.5) is 10.5 Å². The number of aromatic nitrogens is 4. The van der Waals surface area contributed by atoms with Gasteiger partial charge in [0.15, 0.2) is 0 Å². The van der Waals surface area contributed by atoms with Gasteiger partial charge in [-0.3, -0.25) is 9.88 Å². The number of urea groups is 1. The fourth-order valence-electron chi connectivity index (χ4n) is 3.17. The number of amides is 2. The minimum absolute atomic E-state index is 0.103. The highest BCUT2D eigenvalue weighted by atomic mass is 16.2. The molecule has 8 heteroatoms. The Bertz CT molecular complexity index is 915. The van der Waals surface area contributed by atoms with Gasteiger partial charge in [-0.2, -0.15) is 15.4 Å². The van der Waals surface area contributed by atoms with Gasteiger partial charge in [-0.15, -0.1) is 0 Å². The molecule has 4 rings (SSSR count). The van der Waals surface area contributed by atoms with E-state index in [1.54, 1.807) is 0 Å². The standard InChI is InChI=1S/C18H21N7O/c1-13-4-3-7-19-16(13)12-24-8-10-25(11-9-24)18(26)20-14-5-2-6-15-17(14)22-23-21-15/h2-7H,8-12H2,1H3,(H,20,26)(H,21,22,23). The molecule has 2 aromatic heterocycles. The minimum Gasteiger partial charge on any atom is -0.322 e. The number of carbonyl (C=O) groups excluding carboxylic acids is 1. The molecule has 1 aliphatic rings.